The molecule has 2 rings (SSSR count). The van der Waals surface area contributed by atoms with Gasteiger partial charge in [0, 0.05) is 23.9 Å². The maximum atomic E-state index is 3.84. The zero-order valence-electron chi connectivity index (χ0n) is 11.0. The zero-order valence-corrected chi connectivity index (χ0v) is 11.8. The molecule has 1 saturated carbocycles. The smallest absolute Gasteiger partial charge is 0.0425 e. The first-order chi connectivity index (χ1) is 7.68. The number of thioether (sulfide) groups is 1. The van der Waals surface area contributed by atoms with E-state index < -0.39 is 0 Å². The fourth-order valence-electron chi connectivity index (χ4n) is 2.71. The largest absolute Gasteiger partial charge is 0.312 e. The number of rotatable bonds is 6. The Bertz CT molecular complexity index is 220. The highest BCUT2D eigenvalue weighted by Gasteiger charge is 2.38. The van der Waals surface area contributed by atoms with Gasteiger partial charge in [0.15, 0.2) is 0 Å². The Morgan fingerprint density at radius 2 is 2.19 bits per heavy atom. The van der Waals surface area contributed by atoms with E-state index in [2.05, 4.69) is 43.0 Å². The van der Waals surface area contributed by atoms with Gasteiger partial charge in [0.2, 0.25) is 0 Å². The lowest BCUT2D eigenvalue weighted by Crippen LogP contribution is -2.54. The van der Waals surface area contributed by atoms with Crippen LogP contribution in [-0.4, -0.2) is 48.6 Å². The van der Waals surface area contributed by atoms with Crippen LogP contribution in [0.2, 0.25) is 0 Å². The molecule has 0 aromatic rings. The van der Waals surface area contributed by atoms with Crippen LogP contribution in [-0.2, 0) is 0 Å². The fraction of sp³-hybridized carbons (Fsp3) is 1.00. The van der Waals surface area contributed by atoms with Gasteiger partial charge in [-0.3, -0.25) is 0 Å². The molecule has 1 aliphatic heterocycles. The normalized spacial score (nSPS) is 32.2. The topological polar surface area (TPSA) is 15.3 Å². The Kier molecular flexibility index (Phi) is 4.20. The zero-order chi connectivity index (χ0) is 11.6. The van der Waals surface area contributed by atoms with Gasteiger partial charge in [0.05, 0.1) is 0 Å². The molecule has 0 bridgehead atoms. The van der Waals surface area contributed by atoms with Gasteiger partial charge >= 0.3 is 0 Å². The van der Waals surface area contributed by atoms with Crippen molar-refractivity contribution in [2.75, 3.05) is 32.1 Å². The molecule has 94 valence electrons. The summed E-state index contributed by atoms with van der Waals surface area (Å²) >= 11 is 2.11. The van der Waals surface area contributed by atoms with Crippen molar-refractivity contribution in [2.24, 2.45) is 5.92 Å². The Hall–Kier alpha value is 0.270. The van der Waals surface area contributed by atoms with E-state index in [1.165, 1.54) is 43.7 Å². The second-order valence-electron chi connectivity index (χ2n) is 5.65. The number of hydrogen-bond acceptors (Lipinski definition) is 3. The summed E-state index contributed by atoms with van der Waals surface area (Å²) in [5.41, 5.74) is 0.424. The minimum absolute atomic E-state index is 0.424. The van der Waals surface area contributed by atoms with Gasteiger partial charge in [-0.25, -0.2) is 0 Å². The summed E-state index contributed by atoms with van der Waals surface area (Å²) < 4.78 is 0. The van der Waals surface area contributed by atoms with Crippen LogP contribution in [0.15, 0.2) is 0 Å². The summed E-state index contributed by atoms with van der Waals surface area (Å²) in [6.45, 7) is 3.50. The van der Waals surface area contributed by atoms with E-state index in [0.29, 0.717) is 5.54 Å². The molecular formula is C13H26N2S. The molecular weight excluding hydrogens is 216 g/mol. The third kappa shape index (κ3) is 2.74. The molecule has 0 spiro atoms. The molecule has 3 heteroatoms. The second kappa shape index (κ2) is 5.28. The average molecular weight is 242 g/mol. The number of hydrogen-bond donors (Lipinski definition) is 1. The van der Waals surface area contributed by atoms with Crippen molar-refractivity contribution >= 4 is 11.8 Å². The second-order valence-corrected chi connectivity index (χ2v) is 6.76. The van der Waals surface area contributed by atoms with Crippen molar-refractivity contribution in [3.05, 3.63) is 0 Å². The van der Waals surface area contributed by atoms with Crippen molar-refractivity contribution in [2.45, 2.75) is 44.2 Å². The van der Waals surface area contributed by atoms with Crippen molar-refractivity contribution in [1.29, 1.82) is 0 Å². The van der Waals surface area contributed by atoms with Gasteiger partial charge in [-0.05, 0) is 51.4 Å². The van der Waals surface area contributed by atoms with Gasteiger partial charge in [-0.15, -0.1) is 0 Å². The summed E-state index contributed by atoms with van der Waals surface area (Å²) in [6, 6.07) is 0.780. The van der Waals surface area contributed by atoms with Crippen LogP contribution in [0, 0.1) is 5.92 Å². The van der Waals surface area contributed by atoms with Crippen molar-refractivity contribution in [3.8, 4) is 0 Å². The number of likely N-dealkylation sites (N-methyl/N-ethyl adjacent to an activating group) is 1. The maximum absolute atomic E-state index is 3.84. The van der Waals surface area contributed by atoms with Crippen molar-refractivity contribution < 1.29 is 0 Å². The van der Waals surface area contributed by atoms with Crippen LogP contribution in [0.4, 0.5) is 0 Å². The molecule has 0 aromatic heterocycles. The van der Waals surface area contributed by atoms with Crippen LogP contribution >= 0.6 is 11.8 Å². The summed E-state index contributed by atoms with van der Waals surface area (Å²) in [4.78, 5) is 2.44. The minimum Gasteiger partial charge on any atom is -0.312 e. The lowest BCUT2D eigenvalue weighted by Gasteiger charge is -2.37. The van der Waals surface area contributed by atoms with Gasteiger partial charge < -0.3 is 10.2 Å². The Balaban J connectivity index is 1.85. The first-order valence-electron chi connectivity index (χ1n) is 6.66. The monoisotopic (exact) mass is 242 g/mol. The molecule has 0 aromatic carbocycles. The number of nitrogens with zero attached hydrogens (tertiary/aromatic N) is 1. The van der Waals surface area contributed by atoms with Crippen molar-refractivity contribution in [1.82, 2.24) is 10.2 Å². The van der Waals surface area contributed by atoms with Crippen molar-refractivity contribution in [3.63, 3.8) is 0 Å². The van der Waals surface area contributed by atoms with E-state index in [1.807, 2.05) is 0 Å². The Morgan fingerprint density at radius 3 is 2.62 bits per heavy atom. The van der Waals surface area contributed by atoms with E-state index in [9.17, 15) is 0 Å². The first-order valence-corrected chi connectivity index (χ1v) is 7.82. The van der Waals surface area contributed by atoms with Gasteiger partial charge in [0.1, 0.15) is 0 Å². The quantitative estimate of drug-likeness (QED) is 0.769. The standard InChI is InChI=1S/C13H26N2S/c1-4-12(11-5-6-11)14-9-13(15(2)3)7-8-16-10-13/h11-12,14H,4-10H2,1-3H3. The van der Waals surface area contributed by atoms with Crippen LogP contribution in [0.3, 0.4) is 0 Å². The fourth-order valence-corrected chi connectivity index (χ4v) is 4.26. The lowest BCUT2D eigenvalue weighted by molar-refractivity contribution is 0.168. The number of nitrogens with one attached hydrogen (secondary N) is 1. The molecule has 1 aliphatic carbocycles. The summed E-state index contributed by atoms with van der Waals surface area (Å²) in [5.74, 6) is 3.62. The molecule has 0 radical (unpaired) electrons. The Labute approximate surface area is 105 Å². The minimum atomic E-state index is 0.424. The maximum Gasteiger partial charge on any atom is 0.0425 e. The van der Waals surface area contributed by atoms with E-state index in [1.54, 1.807) is 0 Å². The predicted octanol–water partition coefficient (Wildman–Crippen LogP) is 2.20. The lowest BCUT2D eigenvalue weighted by atomic mass is 9.96. The summed E-state index contributed by atoms with van der Waals surface area (Å²) in [5, 5.41) is 3.84. The molecule has 1 heterocycles. The summed E-state index contributed by atoms with van der Waals surface area (Å²) in [7, 11) is 4.48. The molecule has 1 saturated heterocycles. The average Bonchev–Trinajstić information content (AvgIpc) is 2.97. The van der Waals surface area contributed by atoms with Crippen LogP contribution in [0.25, 0.3) is 0 Å². The molecule has 1 N–H and O–H groups in total. The molecule has 2 unspecified atom stereocenters. The van der Waals surface area contributed by atoms with Crippen LogP contribution in [0.1, 0.15) is 32.6 Å². The highest BCUT2D eigenvalue weighted by Crippen LogP contribution is 2.35. The van der Waals surface area contributed by atoms with Gasteiger partial charge in [-0.1, -0.05) is 6.92 Å². The molecule has 2 aliphatic rings. The predicted molar refractivity (Wildman–Crippen MR) is 73.2 cm³/mol. The third-order valence-electron chi connectivity index (χ3n) is 4.36. The van der Waals surface area contributed by atoms with E-state index in [4.69, 9.17) is 0 Å². The molecule has 2 fully saturated rings. The molecule has 2 atom stereocenters. The molecule has 0 amide bonds. The van der Waals surface area contributed by atoms with Crippen LogP contribution < -0.4 is 5.32 Å². The molecule has 16 heavy (non-hydrogen) atoms. The summed E-state index contributed by atoms with van der Waals surface area (Å²) in [6.07, 6.45) is 5.55. The van der Waals surface area contributed by atoms with E-state index >= 15 is 0 Å². The third-order valence-corrected chi connectivity index (χ3v) is 5.59. The highest BCUT2D eigenvalue weighted by atomic mass is 32.2. The Morgan fingerprint density at radius 1 is 1.44 bits per heavy atom. The van der Waals surface area contributed by atoms with Gasteiger partial charge in [-0.2, -0.15) is 11.8 Å². The van der Waals surface area contributed by atoms with Crippen LogP contribution in [0.5, 0.6) is 0 Å². The first kappa shape index (κ1) is 12.7. The van der Waals surface area contributed by atoms with Gasteiger partial charge in [0.25, 0.3) is 0 Å². The SMILES string of the molecule is CCC(NCC1(N(C)C)CCSC1)C1CC1. The highest BCUT2D eigenvalue weighted by molar-refractivity contribution is 7.99. The van der Waals surface area contributed by atoms with E-state index in [0.717, 1.165) is 12.0 Å². The molecule has 2 nitrogen and oxygen atoms in total. The van der Waals surface area contributed by atoms with E-state index in [-0.39, 0.29) is 0 Å².